The Kier molecular flexibility index (Phi) is 6.61. The van der Waals surface area contributed by atoms with E-state index < -0.39 is 6.04 Å². The maximum atomic E-state index is 12.9. The number of urea groups is 1. The summed E-state index contributed by atoms with van der Waals surface area (Å²) in [4.78, 5) is 17.4. The van der Waals surface area contributed by atoms with Crippen LogP contribution < -0.4 is 20.1 Å². The third-order valence-corrected chi connectivity index (χ3v) is 5.02. The molecule has 2 aromatic carbocycles. The van der Waals surface area contributed by atoms with Crippen LogP contribution in [0.15, 0.2) is 54.9 Å². The normalized spacial score (nSPS) is 12.7. The summed E-state index contributed by atoms with van der Waals surface area (Å²) in [6, 6.07) is 12.5. The van der Waals surface area contributed by atoms with Gasteiger partial charge in [0.25, 0.3) is 0 Å². The van der Waals surface area contributed by atoms with Crippen molar-refractivity contribution in [2.75, 3.05) is 14.2 Å². The van der Waals surface area contributed by atoms with Gasteiger partial charge in [-0.3, -0.25) is 0 Å². The van der Waals surface area contributed by atoms with E-state index in [0.717, 1.165) is 28.3 Å². The molecule has 0 spiro atoms. The van der Waals surface area contributed by atoms with Crippen LogP contribution >= 0.6 is 0 Å². The van der Waals surface area contributed by atoms with Gasteiger partial charge in [0.05, 0.1) is 20.3 Å². The van der Waals surface area contributed by atoms with E-state index in [9.17, 15) is 4.79 Å². The number of ether oxygens (including phenoxy) is 2. The predicted octanol–water partition coefficient (Wildman–Crippen LogP) is 3.90. The third-order valence-electron chi connectivity index (χ3n) is 5.02. The second kappa shape index (κ2) is 9.35. The van der Waals surface area contributed by atoms with Gasteiger partial charge in [-0.15, -0.1) is 0 Å². The van der Waals surface area contributed by atoms with Crippen molar-refractivity contribution in [1.82, 2.24) is 20.2 Å². The van der Waals surface area contributed by atoms with E-state index in [1.54, 1.807) is 20.4 Å². The Balaban J connectivity index is 1.83. The van der Waals surface area contributed by atoms with Crippen molar-refractivity contribution in [1.29, 1.82) is 0 Å². The molecular formula is C23H28N4O3. The largest absolute Gasteiger partial charge is 0.497 e. The average molecular weight is 409 g/mol. The van der Waals surface area contributed by atoms with E-state index in [1.165, 1.54) is 0 Å². The maximum Gasteiger partial charge on any atom is 0.316 e. The number of carbonyl (C=O) groups is 1. The lowest BCUT2D eigenvalue weighted by molar-refractivity contribution is 0.235. The Morgan fingerprint density at radius 3 is 2.57 bits per heavy atom. The fraction of sp³-hybridized carbons (Fsp3) is 0.304. The highest BCUT2D eigenvalue weighted by Crippen LogP contribution is 2.27. The predicted molar refractivity (Wildman–Crippen MR) is 116 cm³/mol. The fourth-order valence-electron chi connectivity index (χ4n) is 3.41. The summed E-state index contributed by atoms with van der Waals surface area (Å²) in [5.41, 5.74) is 2.89. The highest BCUT2D eigenvalue weighted by atomic mass is 16.5. The quantitative estimate of drug-likeness (QED) is 0.622. The number of nitrogens with zero attached hydrogens (tertiary/aromatic N) is 2. The minimum absolute atomic E-state index is 0.243. The van der Waals surface area contributed by atoms with Gasteiger partial charge >= 0.3 is 6.03 Å². The number of amides is 2. The summed E-state index contributed by atoms with van der Waals surface area (Å²) in [5.74, 6) is 2.17. The molecule has 0 fully saturated rings. The minimum atomic E-state index is -0.438. The number of imidazole rings is 1. The number of nitrogens with one attached hydrogen (secondary N) is 2. The van der Waals surface area contributed by atoms with Gasteiger partial charge in [0.15, 0.2) is 0 Å². The molecular weight excluding hydrogens is 380 g/mol. The van der Waals surface area contributed by atoms with Crippen LogP contribution in [0.25, 0.3) is 0 Å². The first-order valence-electron chi connectivity index (χ1n) is 9.75. The van der Waals surface area contributed by atoms with Crippen molar-refractivity contribution in [2.45, 2.75) is 25.9 Å². The van der Waals surface area contributed by atoms with Crippen molar-refractivity contribution in [2.24, 2.45) is 7.05 Å². The standard InChI is InChI=1S/C23H28N4O3/c1-15-9-10-20(30-5)19(13-15)16(2)25-23(28)26-21(22-24-11-12-27(22)3)17-7-6-8-18(14-17)29-4/h6-14,16,21H,1-5H3,(H2,25,26,28)/t16-,21-/m1/s1. The number of hydrogen-bond acceptors (Lipinski definition) is 4. The van der Waals surface area contributed by atoms with E-state index in [-0.39, 0.29) is 12.1 Å². The first-order chi connectivity index (χ1) is 14.4. The lowest BCUT2D eigenvalue weighted by atomic mass is 10.0. The second-order valence-electron chi connectivity index (χ2n) is 7.19. The zero-order chi connectivity index (χ0) is 21.7. The number of carbonyl (C=O) groups excluding carboxylic acids is 1. The number of rotatable bonds is 7. The number of hydrogen-bond donors (Lipinski definition) is 2. The Hall–Kier alpha value is -3.48. The van der Waals surface area contributed by atoms with Crippen LogP contribution in [-0.4, -0.2) is 29.8 Å². The number of aromatic nitrogens is 2. The Morgan fingerprint density at radius 2 is 1.90 bits per heavy atom. The molecule has 0 saturated carbocycles. The molecule has 158 valence electrons. The smallest absolute Gasteiger partial charge is 0.316 e. The Bertz CT molecular complexity index is 1020. The number of aryl methyl sites for hydroxylation is 2. The molecule has 0 unspecified atom stereocenters. The molecule has 3 aromatic rings. The van der Waals surface area contributed by atoms with Gasteiger partial charge < -0.3 is 24.7 Å². The number of methoxy groups -OCH3 is 2. The molecule has 7 nitrogen and oxygen atoms in total. The zero-order valence-corrected chi connectivity index (χ0v) is 18.0. The van der Waals surface area contributed by atoms with Crippen molar-refractivity contribution >= 4 is 6.03 Å². The van der Waals surface area contributed by atoms with Crippen LogP contribution in [-0.2, 0) is 7.05 Å². The lowest BCUT2D eigenvalue weighted by Crippen LogP contribution is -2.40. The molecule has 1 heterocycles. The highest BCUT2D eigenvalue weighted by Gasteiger charge is 2.23. The van der Waals surface area contributed by atoms with Crippen molar-refractivity contribution in [3.63, 3.8) is 0 Å². The van der Waals surface area contributed by atoms with E-state index in [2.05, 4.69) is 15.6 Å². The molecule has 30 heavy (non-hydrogen) atoms. The van der Waals surface area contributed by atoms with Crippen LogP contribution in [0.4, 0.5) is 4.79 Å². The summed E-state index contributed by atoms with van der Waals surface area (Å²) >= 11 is 0. The molecule has 0 aliphatic heterocycles. The minimum Gasteiger partial charge on any atom is -0.497 e. The highest BCUT2D eigenvalue weighted by molar-refractivity contribution is 5.75. The molecule has 0 bridgehead atoms. The molecule has 2 amide bonds. The van der Waals surface area contributed by atoms with E-state index in [4.69, 9.17) is 9.47 Å². The third kappa shape index (κ3) is 4.74. The van der Waals surface area contributed by atoms with E-state index >= 15 is 0 Å². The summed E-state index contributed by atoms with van der Waals surface area (Å²) < 4.78 is 12.7. The van der Waals surface area contributed by atoms with Crippen LogP contribution in [0.1, 0.15) is 41.5 Å². The summed E-state index contributed by atoms with van der Waals surface area (Å²) in [5, 5.41) is 6.06. The van der Waals surface area contributed by atoms with Crippen molar-refractivity contribution in [3.05, 3.63) is 77.4 Å². The zero-order valence-electron chi connectivity index (χ0n) is 18.0. The Labute approximate surface area is 177 Å². The van der Waals surface area contributed by atoms with E-state index in [0.29, 0.717) is 5.75 Å². The number of benzene rings is 2. The van der Waals surface area contributed by atoms with Gasteiger partial charge in [-0.1, -0.05) is 29.8 Å². The first kappa shape index (κ1) is 21.2. The topological polar surface area (TPSA) is 77.4 Å². The van der Waals surface area contributed by atoms with Gasteiger partial charge in [-0.2, -0.15) is 0 Å². The molecule has 2 N–H and O–H groups in total. The molecule has 0 radical (unpaired) electrons. The monoisotopic (exact) mass is 408 g/mol. The SMILES string of the molecule is COc1cccc([C@@H](NC(=O)N[C@H](C)c2cc(C)ccc2OC)c2nccn2C)c1. The van der Waals surface area contributed by atoms with Crippen LogP contribution in [0, 0.1) is 6.92 Å². The molecule has 0 saturated heterocycles. The van der Waals surface area contributed by atoms with Gasteiger partial charge in [0.1, 0.15) is 23.4 Å². The molecule has 0 aliphatic rings. The first-order valence-corrected chi connectivity index (χ1v) is 9.75. The maximum absolute atomic E-state index is 12.9. The molecule has 3 rings (SSSR count). The molecule has 0 aliphatic carbocycles. The van der Waals surface area contributed by atoms with Crippen LogP contribution in [0.3, 0.4) is 0 Å². The van der Waals surface area contributed by atoms with Gasteiger partial charge in [-0.25, -0.2) is 9.78 Å². The van der Waals surface area contributed by atoms with E-state index in [1.807, 2.05) is 74.1 Å². The second-order valence-corrected chi connectivity index (χ2v) is 7.19. The average Bonchev–Trinajstić information content (AvgIpc) is 3.17. The summed E-state index contributed by atoms with van der Waals surface area (Å²) in [7, 11) is 5.14. The summed E-state index contributed by atoms with van der Waals surface area (Å²) in [6.45, 7) is 3.94. The fourth-order valence-corrected chi connectivity index (χ4v) is 3.41. The van der Waals surface area contributed by atoms with Gasteiger partial charge in [-0.05, 0) is 37.6 Å². The van der Waals surface area contributed by atoms with Gasteiger partial charge in [0.2, 0.25) is 0 Å². The molecule has 1 aromatic heterocycles. The van der Waals surface area contributed by atoms with Crippen molar-refractivity contribution < 1.29 is 14.3 Å². The summed E-state index contributed by atoms with van der Waals surface area (Å²) in [6.07, 6.45) is 3.56. The van der Waals surface area contributed by atoms with Gasteiger partial charge in [0, 0.05) is 25.0 Å². The molecule has 2 atom stereocenters. The van der Waals surface area contributed by atoms with Crippen LogP contribution in [0.5, 0.6) is 11.5 Å². The van der Waals surface area contributed by atoms with Crippen LogP contribution in [0.2, 0.25) is 0 Å². The Morgan fingerprint density at radius 1 is 1.10 bits per heavy atom. The molecule has 7 heteroatoms. The van der Waals surface area contributed by atoms with Crippen molar-refractivity contribution in [3.8, 4) is 11.5 Å². The lowest BCUT2D eigenvalue weighted by Gasteiger charge is -2.23.